The van der Waals surface area contributed by atoms with E-state index in [-0.39, 0.29) is 17.9 Å². The Labute approximate surface area is 166 Å². The third-order valence-corrected chi connectivity index (χ3v) is 4.33. The molecule has 0 radical (unpaired) electrons. The van der Waals surface area contributed by atoms with Crippen molar-refractivity contribution in [2.24, 2.45) is 0 Å². The van der Waals surface area contributed by atoms with E-state index in [9.17, 15) is 19.7 Å². The largest absolute Gasteiger partial charge is 0.462 e. The minimum Gasteiger partial charge on any atom is -0.462 e. The Morgan fingerprint density at radius 3 is 2.52 bits per heavy atom. The first-order chi connectivity index (χ1) is 13.9. The summed E-state index contributed by atoms with van der Waals surface area (Å²) in [4.78, 5) is 39.5. The molecule has 0 amide bonds. The Bertz CT molecular complexity index is 1160. The zero-order valence-corrected chi connectivity index (χ0v) is 16.0. The number of hydrogen-bond acceptors (Lipinski definition) is 6. The van der Waals surface area contributed by atoms with Gasteiger partial charge in [-0.2, -0.15) is 0 Å². The summed E-state index contributed by atoms with van der Waals surface area (Å²) >= 11 is 0. The number of non-ortho nitro benzene ring substituents is 1. The number of ether oxygens (including phenoxy) is 1. The van der Waals surface area contributed by atoms with Crippen molar-refractivity contribution in [3.8, 4) is 0 Å². The lowest BCUT2D eigenvalue weighted by Crippen LogP contribution is -2.21. The highest BCUT2D eigenvalue weighted by atomic mass is 16.6. The van der Waals surface area contributed by atoms with E-state index >= 15 is 0 Å². The summed E-state index contributed by atoms with van der Waals surface area (Å²) in [6, 6.07) is 9.46. The van der Waals surface area contributed by atoms with Crippen LogP contribution in [0.1, 0.15) is 35.5 Å². The van der Waals surface area contributed by atoms with Gasteiger partial charge >= 0.3 is 5.97 Å². The van der Waals surface area contributed by atoms with Crippen LogP contribution in [-0.4, -0.2) is 27.1 Å². The number of fused-ring (bicyclic) bond motifs is 1. The van der Waals surface area contributed by atoms with Crippen LogP contribution in [0.4, 0.5) is 5.69 Å². The number of rotatable bonds is 6. The Balaban J connectivity index is 1.99. The first-order valence-corrected chi connectivity index (χ1v) is 9.08. The molecule has 0 unspecified atom stereocenters. The maximum atomic E-state index is 12.7. The Morgan fingerprint density at radius 2 is 1.90 bits per heavy atom. The number of aromatic nitrogens is 2. The fraction of sp³-hybridized carbons (Fsp3) is 0.190. The van der Waals surface area contributed by atoms with Gasteiger partial charge in [-0.1, -0.05) is 6.08 Å². The lowest BCUT2D eigenvalue weighted by atomic mass is 10.1. The lowest BCUT2D eigenvalue weighted by molar-refractivity contribution is -0.384. The first-order valence-electron chi connectivity index (χ1n) is 9.08. The van der Waals surface area contributed by atoms with E-state index < -0.39 is 16.3 Å². The van der Waals surface area contributed by atoms with Crippen LogP contribution in [0.5, 0.6) is 0 Å². The van der Waals surface area contributed by atoms with Crippen molar-refractivity contribution in [3.05, 3.63) is 79.8 Å². The molecule has 2 aromatic heterocycles. The molecule has 1 aromatic carbocycles. The van der Waals surface area contributed by atoms with E-state index in [1.54, 1.807) is 47.9 Å². The first kappa shape index (κ1) is 19.9. The quantitative estimate of drug-likeness (QED) is 0.359. The highest BCUT2D eigenvalue weighted by Gasteiger charge is 2.16. The number of nitro groups is 1. The third kappa shape index (κ3) is 4.21. The monoisotopic (exact) mass is 393 g/mol. The molecule has 0 N–H and O–H groups in total. The predicted octanol–water partition coefficient (Wildman–Crippen LogP) is 3.67. The van der Waals surface area contributed by atoms with Crippen LogP contribution in [0.2, 0.25) is 0 Å². The van der Waals surface area contributed by atoms with Gasteiger partial charge in [-0.05, 0) is 49.8 Å². The van der Waals surface area contributed by atoms with Gasteiger partial charge < -0.3 is 9.30 Å². The summed E-state index contributed by atoms with van der Waals surface area (Å²) in [5.74, 6) is -0.649. The summed E-state index contributed by atoms with van der Waals surface area (Å²) in [6.07, 6.45) is 5.00. The van der Waals surface area contributed by atoms with Crippen molar-refractivity contribution < 1.29 is 14.5 Å². The molecule has 0 bridgehead atoms. The van der Waals surface area contributed by atoms with Gasteiger partial charge in [-0.3, -0.25) is 14.9 Å². The highest BCUT2D eigenvalue weighted by Crippen LogP contribution is 2.16. The van der Waals surface area contributed by atoms with Crippen molar-refractivity contribution in [2.75, 3.05) is 6.61 Å². The average Bonchev–Trinajstić information content (AvgIpc) is 2.73. The molecule has 148 valence electrons. The van der Waals surface area contributed by atoms with Crippen LogP contribution in [0.3, 0.4) is 0 Å². The topological polar surface area (TPSA) is 104 Å². The fourth-order valence-electron chi connectivity index (χ4n) is 2.86. The van der Waals surface area contributed by atoms with Gasteiger partial charge in [0.15, 0.2) is 0 Å². The molecule has 3 rings (SSSR count). The summed E-state index contributed by atoms with van der Waals surface area (Å²) in [5.41, 5.74) is 1.45. The Morgan fingerprint density at radius 1 is 1.17 bits per heavy atom. The molecule has 0 saturated heterocycles. The summed E-state index contributed by atoms with van der Waals surface area (Å²) in [7, 11) is 0. The number of benzene rings is 1. The summed E-state index contributed by atoms with van der Waals surface area (Å²) < 4.78 is 6.69. The molecule has 3 aromatic rings. The Hall–Kier alpha value is -3.81. The highest BCUT2D eigenvalue weighted by molar-refractivity contribution is 5.93. The minimum atomic E-state index is -0.649. The second kappa shape index (κ2) is 8.47. The second-order valence-corrected chi connectivity index (χ2v) is 6.17. The molecule has 0 saturated carbocycles. The number of pyridine rings is 2. The van der Waals surface area contributed by atoms with Gasteiger partial charge in [-0.15, -0.1) is 0 Å². The zero-order valence-electron chi connectivity index (χ0n) is 16.0. The van der Waals surface area contributed by atoms with Crippen LogP contribution in [0.15, 0.2) is 47.4 Å². The molecule has 8 nitrogen and oxygen atoms in total. The number of hydrogen-bond donors (Lipinski definition) is 0. The third-order valence-electron chi connectivity index (χ3n) is 4.33. The molecule has 0 atom stereocenters. The molecular formula is C21H19N3O5. The lowest BCUT2D eigenvalue weighted by Gasteiger charge is -2.11. The molecule has 8 heteroatoms. The van der Waals surface area contributed by atoms with Crippen LogP contribution in [0.25, 0.3) is 23.2 Å². The standard InChI is InChI=1S/C21H19N3O5/c1-3-23-13-18(21(26)29-4-2)19(25)17-12-9-15(22-20(17)23)8-5-14-6-10-16(11-7-14)24(27)28/h5-13H,3-4H2,1-2H3/b8-5+. The van der Waals surface area contributed by atoms with Crippen molar-refractivity contribution in [2.45, 2.75) is 20.4 Å². The summed E-state index contributed by atoms with van der Waals surface area (Å²) in [6.45, 7) is 4.28. The van der Waals surface area contributed by atoms with E-state index in [1.807, 2.05) is 6.92 Å². The van der Waals surface area contributed by atoms with Crippen molar-refractivity contribution in [3.63, 3.8) is 0 Å². The average molecular weight is 393 g/mol. The molecule has 0 aliphatic carbocycles. The van der Waals surface area contributed by atoms with Gasteiger partial charge in [0, 0.05) is 24.9 Å². The van der Waals surface area contributed by atoms with Crippen LogP contribution in [-0.2, 0) is 11.3 Å². The zero-order chi connectivity index (χ0) is 21.0. The number of esters is 1. The van der Waals surface area contributed by atoms with E-state index in [0.717, 1.165) is 5.56 Å². The molecule has 2 heterocycles. The van der Waals surface area contributed by atoms with Crippen molar-refractivity contribution in [1.82, 2.24) is 9.55 Å². The SMILES string of the molecule is CCOC(=O)c1cn(CC)c2nc(/C=C/c3ccc([N+](=O)[O-])cc3)ccc2c1=O. The maximum absolute atomic E-state index is 12.7. The van der Waals surface area contributed by atoms with Crippen LogP contribution < -0.4 is 5.43 Å². The number of carbonyl (C=O) groups excluding carboxylic acids is 1. The van der Waals surface area contributed by atoms with E-state index in [2.05, 4.69) is 4.98 Å². The fourth-order valence-corrected chi connectivity index (χ4v) is 2.86. The molecule has 29 heavy (non-hydrogen) atoms. The van der Waals surface area contributed by atoms with E-state index in [0.29, 0.717) is 23.3 Å². The second-order valence-electron chi connectivity index (χ2n) is 6.17. The summed E-state index contributed by atoms with van der Waals surface area (Å²) in [5, 5.41) is 11.1. The van der Waals surface area contributed by atoms with Gasteiger partial charge in [0.2, 0.25) is 5.43 Å². The molecule has 0 spiro atoms. The van der Waals surface area contributed by atoms with Gasteiger partial charge in [0.25, 0.3) is 5.69 Å². The predicted molar refractivity (Wildman–Crippen MR) is 110 cm³/mol. The molecule has 0 aliphatic rings. The Kier molecular flexibility index (Phi) is 5.82. The number of nitrogens with zero attached hydrogens (tertiary/aromatic N) is 3. The molecule has 0 fully saturated rings. The van der Waals surface area contributed by atoms with Crippen LogP contribution in [0, 0.1) is 10.1 Å². The van der Waals surface area contributed by atoms with Gasteiger partial charge in [0.1, 0.15) is 11.2 Å². The van der Waals surface area contributed by atoms with Gasteiger partial charge in [-0.25, -0.2) is 9.78 Å². The normalized spacial score (nSPS) is 11.1. The molecular weight excluding hydrogens is 374 g/mol. The van der Waals surface area contributed by atoms with Crippen molar-refractivity contribution >= 4 is 34.8 Å². The number of aryl methyl sites for hydroxylation is 1. The number of nitro benzene ring substituents is 1. The molecule has 0 aliphatic heterocycles. The van der Waals surface area contributed by atoms with Gasteiger partial charge in [0.05, 0.1) is 22.6 Å². The maximum Gasteiger partial charge on any atom is 0.343 e. The smallest absolute Gasteiger partial charge is 0.343 e. The van der Waals surface area contributed by atoms with E-state index in [4.69, 9.17) is 4.74 Å². The minimum absolute atomic E-state index is 0.0165. The van der Waals surface area contributed by atoms with Crippen molar-refractivity contribution in [1.29, 1.82) is 0 Å². The van der Waals surface area contributed by atoms with Crippen LogP contribution >= 0.6 is 0 Å². The number of carbonyl (C=O) groups is 1. The van der Waals surface area contributed by atoms with E-state index in [1.165, 1.54) is 18.3 Å².